The molecule has 0 aliphatic carbocycles. The van der Waals surface area contributed by atoms with Crippen molar-refractivity contribution < 1.29 is 13.9 Å². The molecule has 1 aromatic carbocycles. The molecule has 2 saturated heterocycles. The van der Waals surface area contributed by atoms with Crippen molar-refractivity contribution in [3.05, 3.63) is 54.1 Å². The smallest absolute Gasteiger partial charge is 0.230 e. The van der Waals surface area contributed by atoms with Gasteiger partial charge >= 0.3 is 0 Å². The molecule has 7 nitrogen and oxygen atoms in total. The molecular formula is C21H26FN5O2. The van der Waals surface area contributed by atoms with Gasteiger partial charge in [-0.2, -0.15) is 0 Å². The van der Waals surface area contributed by atoms with Crippen molar-refractivity contribution in [1.82, 2.24) is 20.2 Å². The van der Waals surface area contributed by atoms with Crippen LogP contribution in [0.4, 0.5) is 10.3 Å². The zero-order valence-electron chi connectivity index (χ0n) is 16.4. The Morgan fingerprint density at radius 1 is 1.14 bits per heavy atom. The summed E-state index contributed by atoms with van der Waals surface area (Å²) in [6.07, 6.45) is 3.72. The maximum absolute atomic E-state index is 14.3. The number of amides is 1. The number of hydrogen-bond donors (Lipinski definition) is 1. The van der Waals surface area contributed by atoms with Gasteiger partial charge in [0.15, 0.2) is 0 Å². The lowest BCUT2D eigenvalue weighted by atomic mass is 9.74. The van der Waals surface area contributed by atoms with Crippen LogP contribution in [0.1, 0.15) is 5.56 Å². The van der Waals surface area contributed by atoms with E-state index in [0.717, 1.165) is 32.8 Å². The molecule has 1 N–H and O–H groups in total. The molecule has 0 bridgehead atoms. The molecule has 0 spiro atoms. The Hall–Kier alpha value is -2.58. The van der Waals surface area contributed by atoms with Gasteiger partial charge in [0.25, 0.3) is 0 Å². The average Bonchev–Trinajstić information content (AvgIpc) is 2.73. The van der Waals surface area contributed by atoms with Gasteiger partial charge in [0.2, 0.25) is 11.9 Å². The molecule has 0 atom stereocenters. The largest absolute Gasteiger partial charge is 0.379 e. The third-order valence-electron chi connectivity index (χ3n) is 5.61. The van der Waals surface area contributed by atoms with E-state index >= 15 is 0 Å². The van der Waals surface area contributed by atoms with E-state index in [1.54, 1.807) is 36.7 Å². The minimum absolute atomic E-state index is 0.0406. The molecule has 2 aliphatic rings. The van der Waals surface area contributed by atoms with E-state index in [2.05, 4.69) is 20.2 Å². The van der Waals surface area contributed by atoms with Gasteiger partial charge in [-0.3, -0.25) is 9.69 Å². The van der Waals surface area contributed by atoms with E-state index in [9.17, 15) is 9.18 Å². The Morgan fingerprint density at radius 2 is 1.86 bits per heavy atom. The van der Waals surface area contributed by atoms with Crippen LogP contribution in [0.2, 0.25) is 0 Å². The number of ether oxygens (including phenoxy) is 1. The normalized spacial score (nSPS) is 18.9. The highest BCUT2D eigenvalue weighted by Gasteiger charge is 2.50. The summed E-state index contributed by atoms with van der Waals surface area (Å²) in [5, 5.41) is 3.07. The second-order valence-electron chi connectivity index (χ2n) is 7.66. The Balaban J connectivity index is 1.42. The van der Waals surface area contributed by atoms with Crippen LogP contribution < -0.4 is 10.2 Å². The summed E-state index contributed by atoms with van der Waals surface area (Å²) in [6, 6.07) is 8.42. The van der Waals surface area contributed by atoms with Gasteiger partial charge in [0.1, 0.15) is 5.82 Å². The van der Waals surface area contributed by atoms with Crippen LogP contribution in [-0.4, -0.2) is 73.3 Å². The first kappa shape index (κ1) is 19.7. The van der Waals surface area contributed by atoms with E-state index in [-0.39, 0.29) is 11.7 Å². The van der Waals surface area contributed by atoms with Crippen molar-refractivity contribution in [1.29, 1.82) is 0 Å². The number of halogens is 1. The minimum atomic E-state index is -0.688. The number of nitrogens with zero attached hydrogens (tertiary/aromatic N) is 4. The molecule has 1 amide bonds. The van der Waals surface area contributed by atoms with Crippen LogP contribution in [0.5, 0.6) is 0 Å². The van der Waals surface area contributed by atoms with Crippen LogP contribution in [0.3, 0.4) is 0 Å². The second kappa shape index (κ2) is 8.84. The third kappa shape index (κ3) is 4.54. The van der Waals surface area contributed by atoms with Crippen LogP contribution >= 0.6 is 0 Å². The highest BCUT2D eigenvalue weighted by Crippen LogP contribution is 2.37. The Kier molecular flexibility index (Phi) is 6.01. The fourth-order valence-corrected chi connectivity index (χ4v) is 3.96. The Morgan fingerprint density at radius 3 is 2.59 bits per heavy atom. The molecule has 29 heavy (non-hydrogen) atoms. The molecule has 3 heterocycles. The van der Waals surface area contributed by atoms with E-state index < -0.39 is 5.41 Å². The number of nitrogens with one attached hydrogen (secondary N) is 1. The van der Waals surface area contributed by atoms with E-state index in [0.29, 0.717) is 37.6 Å². The standard InChI is InChI=1S/C21H26FN5O2/c22-18-5-2-1-4-17(18)14-21(15-27(16-21)20-24-6-3-7-25-20)19(28)23-8-9-26-10-12-29-13-11-26/h1-7H,8-16H2,(H,23,28). The molecule has 0 saturated carbocycles. The number of anilines is 1. The van der Waals surface area contributed by atoms with Gasteiger partial charge < -0.3 is 15.0 Å². The third-order valence-corrected chi connectivity index (χ3v) is 5.61. The van der Waals surface area contributed by atoms with Gasteiger partial charge in [0, 0.05) is 51.7 Å². The average molecular weight is 399 g/mol. The first-order chi connectivity index (χ1) is 14.2. The van der Waals surface area contributed by atoms with Crippen molar-refractivity contribution in [2.45, 2.75) is 6.42 Å². The number of benzene rings is 1. The topological polar surface area (TPSA) is 70.6 Å². The van der Waals surface area contributed by atoms with Gasteiger partial charge in [-0.1, -0.05) is 18.2 Å². The van der Waals surface area contributed by atoms with Gasteiger partial charge in [-0.15, -0.1) is 0 Å². The molecule has 2 fully saturated rings. The van der Waals surface area contributed by atoms with Gasteiger partial charge in [-0.25, -0.2) is 14.4 Å². The number of carbonyl (C=O) groups excluding carboxylic acids is 1. The summed E-state index contributed by atoms with van der Waals surface area (Å²) in [7, 11) is 0. The molecule has 4 rings (SSSR count). The number of aromatic nitrogens is 2. The number of hydrogen-bond acceptors (Lipinski definition) is 6. The maximum atomic E-state index is 14.3. The lowest BCUT2D eigenvalue weighted by Gasteiger charge is -2.49. The highest BCUT2D eigenvalue weighted by atomic mass is 19.1. The van der Waals surface area contributed by atoms with Gasteiger partial charge in [0.05, 0.1) is 18.6 Å². The fraction of sp³-hybridized carbons (Fsp3) is 0.476. The summed E-state index contributed by atoms with van der Waals surface area (Å²) in [4.78, 5) is 25.9. The Labute approximate surface area is 169 Å². The van der Waals surface area contributed by atoms with Crippen LogP contribution in [0.25, 0.3) is 0 Å². The monoisotopic (exact) mass is 399 g/mol. The second-order valence-corrected chi connectivity index (χ2v) is 7.66. The van der Waals surface area contributed by atoms with Crippen molar-refractivity contribution in [3.8, 4) is 0 Å². The first-order valence-electron chi connectivity index (χ1n) is 10.0. The molecule has 0 unspecified atom stereocenters. The summed E-state index contributed by atoms with van der Waals surface area (Å²) in [5.41, 5.74) is -0.128. The SMILES string of the molecule is O=C(NCCN1CCOCC1)C1(Cc2ccccc2F)CN(c2ncccn2)C1. The van der Waals surface area contributed by atoms with Crippen molar-refractivity contribution in [3.63, 3.8) is 0 Å². The summed E-state index contributed by atoms with van der Waals surface area (Å²) >= 11 is 0. The van der Waals surface area contributed by atoms with Crippen molar-refractivity contribution in [2.75, 3.05) is 57.4 Å². The Bertz CT molecular complexity index is 823. The quantitative estimate of drug-likeness (QED) is 0.752. The van der Waals surface area contributed by atoms with Gasteiger partial charge in [-0.05, 0) is 24.1 Å². The van der Waals surface area contributed by atoms with Crippen molar-refractivity contribution >= 4 is 11.9 Å². The zero-order valence-corrected chi connectivity index (χ0v) is 16.4. The predicted molar refractivity (Wildman–Crippen MR) is 107 cm³/mol. The number of morpholine rings is 1. The maximum Gasteiger partial charge on any atom is 0.230 e. The number of carbonyl (C=O) groups is 1. The zero-order chi connectivity index (χ0) is 20.1. The molecular weight excluding hydrogens is 373 g/mol. The van der Waals surface area contributed by atoms with E-state index in [1.807, 2.05) is 4.90 Å². The van der Waals surface area contributed by atoms with Crippen molar-refractivity contribution in [2.24, 2.45) is 5.41 Å². The predicted octanol–water partition coefficient (Wildman–Crippen LogP) is 1.11. The first-order valence-corrected chi connectivity index (χ1v) is 10.0. The molecule has 0 radical (unpaired) electrons. The minimum Gasteiger partial charge on any atom is -0.379 e. The fourth-order valence-electron chi connectivity index (χ4n) is 3.96. The molecule has 1 aromatic heterocycles. The van der Waals surface area contributed by atoms with Crippen LogP contribution in [0, 0.1) is 11.2 Å². The van der Waals surface area contributed by atoms with Crippen LogP contribution in [-0.2, 0) is 16.0 Å². The summed E-state index contributed by atoms with van der Waals surface area (Å²) in [5.74, 6) is 0.279. The number of rotatable bonds is 7. The molecule has 2 aliphatic heterocycles. The van der Waals surface area contributed by atoms with E-state index in [4.69, 9.17) is 4.74 Å². The summed E-state index contributed by atoms with van der Waals surface area (Å²) in [6.45, 7) is 5.53. The highest BCUT2D eigenvalue weighted by molar-refractivity contribution is 5.86. The lowest BCUT2D eigenvalue weighted by Crippen LogP contribution is -2.65. The molecule has 154 valence electrons. The molecule has 8 heteroatoms. The lowest BCUT2D eigenvalue weighted by molar-refractivity contribution is -0.132. The van der Waals surface area contributed by atoms with E-state index in [1.165, 1.54) is 6.07 Å². The summed E-state index contributed by atoms with van der Waals surface area (Å²) < 4.78 is 19.6. The molecule has 2 aromatic rings. The van der Waals surface area contributed by atoms with Crippen LogP contribution in [0.15, 0.2) is 42.7 Å².